The van der Waals surface area contributed by atoms with Crippen molar-refractivity contribution in [3.05, 3.63) is 63.9 Å². The van der Waals surface area contributed by atoms with Crippen LogP contribution in [0.25, 0.3) is 10.2 Å². The van der Waals surface area contributed by atoms with E-state index in [0.717, 1.165) is 22.5 Å². The Morgan fingerprint density at radius 1 is 1.12 bits per heavy atom. The van der Waals surface area contributed by atoms with Gasteiger partial charge in [-0.2, -0.15) is 0 Å². The summed E-state index contributed by atoms with van der Waals surface area (Å²) in [4.78, 5) is 14.6. The number of benzene rings is 2. The van der Waals surface area contributed by atoms with E-state index in [1.165, 1.54) is 0 Å². The van der Waals surface area contributed by atoms with Crippen LogP contribution in [0.2, 0.25) is 0 Å². The SMILES string of the molecule is O=C(O)CCc1cccc(Cc2nc3c(F)c(F)cc(F)c3s2)c1. The molecule has 1 heterocycles. The van der Waals surface area contributed by atoms with Crippen molar-refractivity contribution in [3.63, 3.8) is 0 Å². The first-order chi connectivity index (χ1) is 11.4. The number of aromatic nitrogens is 1. The number of aryl methyl sites for hydroxylation is 1. The maximum atomic E-state index is 13.7. The van der Waals surface area contributed by atoms with Gasteiger partial charge in [-0.05, 0) is 17.5 Å². The maximum Gasteiger partial charge on any atom is 0.303 e. The number of fused-ring (bicyclic) bond motifs is 1. The third kappa shape index (κ3) is 3.41. The van der Waals surface area contributed by atoms with Crippen LogP contribution in [0.5, 0.6) is 0 Å². The van der Waals surface area contributed by atoms with Gasteiger partial charge < -0.3 is 5.11 Å². The minimum Gasteiger partial charge on any atom is -0.481 e. The second kappa shape index (κ2) is 6.60. The molecule has 0 aliphatic carbocycles. The van der Waals surface area contributed by atoms with Crippen LogP contribution >= 0.6 is 11.3 Å². The molecule has 0 radical (unpaired) electrons. The Bertz CT molecular complexity index is 924. The molecule has 24 heavy (non-hydrogen) atoms. The Hall–Kier alpha value is -2.41. The summed E-state index contributed by atoms with van der Waals surface area (Å²) in [6, 6.07) is 7.79. The molecular formula is C17H12F3NO2S. The summed E-state index contributed by atoms with van der Waals surface area (Å²) in [5.74, 6) is -4.11. The van der Waals surface area contributed by atoms with Crippen molar-refractivity contribution in [1.29, 1.82) is 0 Å². The number of aliphatic carboxylic acids is 1. The van der Waals surface area contributed by atoms with Gasteiger partial charge in [-0.15, -0.1) is 11.3 Å². The van der Waals surface area contributed by atoms with E-state index in [1.54, 1.807) is 6.07 Å². The lowest BCUT2D eigenvalue weighted by Gasteiger charge is -2.02. The lowest BCUT2D eigenvalue weighted by molar-refractivity contribution is -0.136. The summed E-state index contributed by atoms with van der Waals surface area (Å²) >= 11 is 0.979. The Kier molecular flexibility index (Phi) is 4.53. The second-order valence-electron chi connectivity index (χ2n) is 5.33. The number of thiazole rings is 1. The molecule has 1 aromatic heterocycles. The number of hydrogen-bond acceptors (Lipinski definition) is 3. The molecule has 0 amide bonds. The highest BCUT2D eigenvalue weighted by atomic mass is 32.1. The van der Waals surface area contributed by atoms with E-state index in [-0.39, 0.29) is 16.6 Å². The monoisotopic (exact) mass is 351 g/mol. The van der Waals surface area contributed by atoms with Crippen LogP contribution in [0, 0.1) is 17.5 Å². The summed E-state index contributed by atoms with van der Waals surface area (Å²) < 4.78 is 40.7. The van der Waals surface area contributed by atoms with Crippen molar-refractivity contribution in [2.75, 3.05) is 0 Å². The van der Waals surface area contributed by atoms with Crippen LogP contribution in [-0.2, 0) is 17.6 Å². The standard InChI is InChI=1S/C17H12F3NO2S/c18-11-8-12(19)17-16(15(11)20)21-13(24-17)7-10-3-1-2-9(6-10)4-5-14(22)23/h1-3,6,8H,4-5,7H2,(H,22,23). The molecular weight excluding hydrogens is 339 g/mol. The van der Waals surface area contributed by atoms with E-state index >= 15 is 0 Å². The zero-order valence-electron chi connectivity index (χ0n) is 12.4. The van der Waals surface area contributed by atoms with Crippen LogP contribution in [0.1, 0.15) is 22.6 Å². The Morgan fingerprint density at radius 2 is 1.88 bits per heavy atom. The molecule has 0 saturated carbocycles. The van der Waals surface area contributed by atoms with Crippen molar-refractivity contribution >= 4 is 27.5 Å². The van der Waals surface area contributed by atoms with Gasteiger partial charge in [0.25, 0.3) is 0 Å². The van der Waals surface area contributed by atoms with Crippen molar-refractivity contribution < 1.29 is 23.1 Å². The molecule has 2 aromatic carbocycles. The maximum absolute atomic E-state index is 13.7. The lowest BCUT2D eigenvalue weighted by Crippen LogP contribution is -1.98. The zero-order valence-corrected chi connectivity index (χ0v) is 13.2. The second-order valence-corrected chi connectivity index (χ2v) is 6.41. The first-order valence-electron chi connectivity index (χ1n) is 7.16. The van der Waals surface area contributed by atoms with E-state index in [1.807, 2.05) is 18.2 Å². The zero-order chi connectivity index (χ0) is 17.3. The molecule has 0 bridgehead atoms. The average Bonchev–Trinajstić information content (AvgIpc) is 2.96. The molecule has 1 N–H and O–H groups in total. The van der Waals surface area contributed by atoms with Crippen LogP contribution in [0.15, 0.2) is 30.3 Å². The molecule has 0 atom stereocenters. The summed E-state index contributed by atoms with van der Waals surface area (Å²) in [5, 5.41) is 9.19. The van der Waals surface area contributed by atoms with Crippen LogP contribution in [-0.4, -0.2) is 16.1 Å². The molecule has 3 aromatic rings. The van der Waals surface area contributed by atoms with Crippen LogP contribution in [0.3, 0.4) is 0 Å². The van der Waals surface area contributed by atoms with E-state index in [4.69, 9.17) is 5.11 Å². The number of carboxylic acid groups (broad SMARTS) is 1. The molecule has 0 aliphatic rings. The smallest absolute Gasteiger partial charge is 0.303 e. The molecule has 0 spiro atoms. The Morgan fingerprint density at radius 3 is 2.62 bits per heavy atom. The molecule has 124 valence electrons. The lowest BCUT2D eigenvalue weighted by atomic mass is 10.0. The van der Waals surface area contributed by atoms with Crippen molar-refractivity contribution in [3.8, 4) is 0 Å². The summed E-state index contributed by atoms with van der Waals surface area (Å²) in [7, 11) is 0. The molecule has 7 heteroatoms. The largest absolute Gasteiger partial charge is 0.481 e. The fourth-order valence-corrected chi connectivity index (χ4v) is 3.42. The van der Waals surface area contributed by atoms with E-state index in [9.17, 15) is 18.0 Å². The number of nitrogens with zero attached hydrogens (tertiary/aromatic N) is 1. The summed E-state index contributed by atoms with van der Waals surface area (Å²) in [5.41, 5.74) is 1.41. The Labute approximate surface area is 139 Å². The molecule has 0 fully saturated rings. The minimum absolute atomic E-state index is 0.00840. The predicted octanol–water partition coefficient (Wildman–Crippen LogP) is 4.32. The topological polar surface area (TPSA) is 50.2 Å². The highest BCUT2D eigenvalue weighted by Crippen LogP contribution is 2.30. The van der Waals surface area contributed by atoms with Gasteiger partial charge in [-0.25, -0.2) is 18.2 Å². The molecule has 3 rings (SSSR count). The summed E-state index contributed by atoms with van der Waals surface area (Å²) in [6.07, 6.45) is 0.762. The van der Waals surface area contributed by atoms with Gasteiger partial charge in [0.2, 0.25) is 0 Å². The van der Waals surface area contributed by atoms with E-state index in [2.05, 4.69) is 4.98 Å². The quantitative estimate of drug-likeness (QED) is 0.697. The van der Waals surface area contributed by atoms with Gasteiger partial charge in [0.05, 0.1) is 9.71 Å². The van der Waals surface area contributed by atoms with Crippen molar-refractivity contribution in [2.24, 2.45) is 0 Å². The molecule has 0 saturated heterocycles. The van der Waals surface area contributed by atoms with E-state index < -0.39 is 23.4 Å². The fourth-order valence-electron chi connectivity index (χ4n) is 2.42. The summed E-state index contributed by atoms with van der Waals surface area (Å²) in [6.45, 7) is 0. The van der Waals surface area contributed by atoms with Crippen molar-refractivity contribution in [1.82, 2.24) is 4.98 Å². The van der Waals surface area contributed by atoms with Gasteiger partial charge in [0.1, 0.15) is 11.3 Å². The average molecular weight is 351 g/mol. The minimum atomic E-state index is -1.26. The molecule has 0 unspecified atom stereocenters. The normalized spacial score (nSPS) is 11.1. The third-order valence-electron chi connectivity index (χ3n) is 3.53. The van der Waals surface area contributed by atoms with Gasteiger partial charge in [-0.1, -0.05) is 24.3 Å². The number of carboxylic acids is 1. The van der Waals surface area contributed by atoms with Gasteiger partial charge in [0.15, 0.2) is 11.6 Å². The van der Waals surface area contributed by atoms with Crippen LogP contribution < -0.4 is 0 Å². The third-order valence-corrected chi connectivity index (χ3v) is 4.60. The van der Waals surface area contributed by atoms with Gasteiger partial charge >= 0.3 is 5.97 Å². The van der Waals surface area contributed by atoms with Crippen molar-refractivity contribution in [2.45, 2.75) is 19.3 Å². The van der Waals surface area contributed by atoms with Gasteiger partial charge in [0, 0.05) is 18.9 Å². The van der Waals surface area contributed by atoms with E-state index in [0.29, 0.717) is 23.9 Å². The van der Waals surface area contributed by atoms with Gasteiger partial charge in [-0.3, -0.25) is 4.79 Å². The first-order valence-corrected chi connectivity index (χ1v) is 7.98. The Balaban J connectivity index is 1.87. The molecule has 3 nitrogen and oxygen atoms in total. The van der Waals surface area contributed by atoms with Crippen LogP contribution in [0.4, 0.5) is 13.2 Å². The predicted molar refractivity (Wildman–Crippen MR) is 84.7 cm³/mol. The highest BCUT2D eigenvalue weighted by molar-refractivity contribution is 7.18. The number of carbonyl (C=O) groups is 1. The highest BCUT2D eigenvalue weighted by Gasteiger charge is 2.17. The number of halogens is 3. The fraction of sp³-hybridized carbons (Fsp3) is 0.176. The number of rotatable bonds is 5. The number of hydrogen-bond donors (Lipinski definition) is 1. The molecule has 0 aliphatic heterocycles. The first kappa shape index (κ1) is 16.4.